The van der Waals surface area contributed by atoms with E-state index in [1.54, 1.807) is 0 Å². The first-order valence-corrected chi connectivity index (χ1v) is 5.32. The van der Waals surface area contributed by atoms with E-state index < -0.39 is 12.1 Å². The fourth-order valence-electron chi connectivity index (χ4n) is 2.19. The standard InChI is InChI=1S/C11H20O3/c1-7-4-5-9(6-8(7)2)10(12)11(13)14-3/h7-10,12H,4-6H2,1-3H3. The van der Waals surface area contributed by atoms with Crippen molar-refractivity contribution in [2.45, 2.75) is 39.2 Å². The van der Waals surface area contributed by atoms with Crippen LogP contribution in [0.15, 0.2) is 0 Å². The third-order valence-corrected chi connectivity index (χ3v) is 3.53. The Morgan fingerprint density at radius 1 is 1.36 bits per heavy atom. The molecular formula is C11H20O3. The molecule has 0 amide bonds. The van der Waals surface area contributed by atoms with Gasteiger partial charge in [0, 0.05) is 0 Å². The fraction of sp³-hybridized carbons (Fsp3) is 0.909. The SMILES string of the molecule is COC(=O)C(O)C1CCC(C)C(C)C1. The monoisotopic (exact) mass is 200 g/mol. The largest absolute Gasteiger partial charge is 0.467 e. The molecule has 3 nitrogen and oxygen atoms in total. The lowest BCUT2D eigenvalue weighted by Gasteiger charge is -2.33. The van der Waals surface area contributed by atoms with Crippen molar-refractivity contribution < 1.29 is 14.6 Å². The minimum absolute atomic E-state index is 0.0913. The zero-order chi connectivity index (χ0) is 10.7. The van der Waals surface area contributed by atoms with Crippen molar-refractivity contribution >= 4 is 5.97 Å². The number of aliphatic hydroxyl groups is 1. The molecule has 14 heavy (non-hydrogen) atoms. The Hall–Kier alpha value is -0.570. The highest BCUT2D eigenvalue weighted by atomic mass is 16.5. The van der Waals surface area contributed by atoms with Crippen molar-refractivity contribution in [1.82, 2.24) is 0 Å². The van der Waals surface area contributed by atoms with E-state index in [0.717, 1.165) is 19.3 Å². The lowest BCUT2D eigenvalue weighted by Crippen LogP contribution is -2.35. The highest BCUT2D eigenvalue weighted by molar-refractivity contribution is 5.74. The van der Waals surface area contributed by atoms with Gasteiger partial charge >= 0.3 is 5.97 Å². The molecule has 0 bridgehead atoms. The predicted octanol–water partition coefficient (Wildman–Crippen LogP) is 1.59. The van der Waals surface area contributed by atoms with E-state index in [9.17, 15) is 9.90 Å². The molecule has 1 aliphatic carbocycles. The number of hydrogen-bond acceptors (Lipinski definition) is 3. The Balaban J connectivity index is 2.50. The van der Waals surface area contributed by atoms with E-state index in [-0.39, 0.29) is 5.92 Å². The topological polar surface area (TPSA) is 46.5 Å². The predicted molar refractivity (Wildman–Crippen MR) is 53.7 cm³/mol. The summed E-state index contributed by atoms with van der Waals surface area (Å²) in [5.41, 5.74) is 0. The summed E-state index contributed by atoms with van der Waals surface area (Å²) in [5.74, 6) is 0.898. The maximum Gasteiger partial charge on any atom is 0.334 e. The van der Waals surface area contributed by atoms with E-state index >= 15 is 0 Å². The molecule has 0 aromatic heterocycles. The van der Waals surface area contributed by atoms with Gasteiger partial charge in [-0.05, 0) is 30.6 Å². The first-order valence-electron chi connectivity index (χ1n) is 5.32. The highest BCUT2D eigenvalue weighted by Gasteiger charge is 2.33. The molecule has 0 heterocycles. The minimum Gasteiger partial charge on any atom is -0.467 e. The number of rotatable bonds is 2. The van der Waals surface area contributed by atoms with Gasteiger partial charge in [0.25, 0.3) is 0 Å². The van der Waals surface area contributed by atoms with Crippen LogP contribution in [0, 0.1) is 17.8 Å². The van der Waals surface area contributed by atoms with Crippen molar-refractivity contribution in [2.24, 2.45) is 17.8 Å². The van der Waals surface area contributed by atoms with E-state index in [4.69, 9.17) is 0 Å². The fourth-order valence-corrected chi connectivity index (χ4v) is 2.19. The van der Waals surface area contributed by atoms with E-state index in [1.807, 2.05) is 0 Å². The zero-order valence-corrected chi connectivity index (χ0v) is 9.19. The van der Waals surface area contributed by atoms with Crippen molar-refractivity contribution in [3.05, 3.63) is 0 Å². The van der Waals surface area contributed by atoms with Gasteiger partial charge in [0.15, 0.2) is 6.10 Å². The molecule has 0 spiro atoms. The molecule has 0 saturated heterocycles. The third-order valence-electron chi connectivity index (χ3n) is 3.53. The second-order valence-corrected chi connectivity index (χ2v) is 4.50. The highest BCUT2D eigenvalue weighted by Crippen LogP contribution is 2.35. The summed E-state index contributed by atoms with van der Waals surface area (Å²) >= 11 is 0. The number of aliphatic hydroxyl groups excluding tert-OH is 1. The summed E-state index contributed by atoms with van der Waals surface area (Å²) < 4.78 is 4.54. The van der Waals surface area contributed by atoms with Crippen LogP contribution in [0.1, 0.15) is 33.1 Å². The first-order chi connectivity index (χ1) is 6.56. The van der Waals surface area contributed by atoms with Crippen LogP contribution < -0.4 is 0 Å². The van der Waals surface area contributed by atoms with Crippen LogP contribution in [0.5, 0.6) is 0 Å². The second-order valence-electron chi connectivity index (χ2n) is 4.50. The maximum atomic E-state index is 11.1. The smallest absolute Gasteiger partial charge is 0.334 e. The molecule has 1 rings (SSSR count). The molecule has 82 valence electrons. The van der Waals surface area contributed by atoms with Gasteiger partial charge < -0.3 is 9.84 Å². The molecule has 1 aliphatic rings. The van der Waals surface area contributed by atoms with E-state index in [2.05, 4.69) is 18.6 Å². The number of ether oxygens (including phenoxy) is 1. The summed E-state index contributed by atoms with van der Waals surface area (Å²) in [6.45, 7) is 4.41. The summed E-state index contributed by atoms with van der Waals surface area (Å²) in [6, 6.07) is 0. The van der Waals surface area contributed by atoms with E-state index in [1.165, 1.54) is 7.11 Å². The van der Waals surface area contributed by atoms with Crippen molar-refractivity contribution in [2.75, 3.05) is 7.11 Å². The van der Waals surface area contributed by atoms with Gasteiger partial charge in [-0.2, -0.15) is 0 Å². The van der Waals surface area contributed by atoms with Gasteiger partial charge in [-0.25, -0.2) is 4.79 Å². The Bertz CT molecular complexity index is 203. The van der Waals surface area contributed by atoms with Gasteiger partial charge in [0.05, 0.1) is 7.11 Å². The lowest BCUT2D eigenvalue weighted by molar-refractivity contribution is -0.154. The first kappa shape index (κ1) is 11.5. The van der Waals surface area contributed by atoms with Gasteiger partial charge in [-0.1, -0.05) is 20.3 Å². The Labute approximate surface area is 85.5 Å². The van der Waals surface area contributed by atoms with Crippen molar-refractivity contribution in [3.63, 3.8) is 0 Å². The molecule has 0 radical (unpaired) electrons. The average molecular weight is 200 g/mol. The molecule has 1 saturated carbocycles. The average Bonchev–Trinajstić information content (AvgIpc) is 2.20. The molecule has 4 atom stereocenters. The number of carbonyl (C=O) groups excluding carboxylic acids is 1. The minimum atomic E-state index is -0.921. The molecule has 0 aromatic rings. The van der Waals surface area contributed by atoms with Crippen LogP contribution in [-0.2, 0) is 9.53 Å². The number of esters is 1. The van der Waals surface area contributed by atoms with E-state index in [0.29, 0.717) is 11.8 Å². The van der Waals surface area contributed by atoms with Crippen LogP contribution in [0.3, 0.4) is 0 Å². The number of hydrogen-bond donors (Lipinski definition) is 1. The summed E-state index contributed by atoms with van der Waals surface area (Å²) in [6.07, 6.45) is 2.04. The van der Waals surface area contributed by atoms with Crippen LogP contribution in [0.25, 0.3) is 0 Å². The summed E-state index contributed by atoms with van der Waals surface area (Å²) in [4.78, 5) is 11.1. The quantitative estimate of drug-likeness (QED) is 0.689. The van der Waals surface area contributed by atoms with Crippen LogP contribution in [0.2, 0.25) is 0 Å². The molecule has 0 aromatic carbocycles. The Kier molecular flexibility index (Phi) is 3.93. The van der Waals surface area contributed by atoms with Crippen LogP contribution in [-0.4, -0.2) is 24.3 Å². The molecule has 0 aliphatic heterocycles. The molecule has 4 unspecified atom stereocenters. The van der Waals surface area contributed by atoms with Crippen molar-refractivity contribution in [1.29, 1.82) is 0 Å². The second kappa shape index (κ2) is 4.78. The molecule has 3 heteroatoms. The summed E-state index contributed by atoms with van der Waals surface area (Å²) in [5, 5.41) is 9.67. The molecule has 1 N–H and O–H groups in total. The van der Waals surface area contributed by atoms with Crippen molar-refractivity contribution in [3.8, 4) is 0 Å². The maximum absolute atomic E-state index is 11.1. The zero-order valence-electron chi connectivity index (χ0n) is 9.19. The summed E-state index contributed by atoms with van der Waals surface area (Å²) in [7, 11) is 1.32. The lowest BCUT2D eigenvalue weighted by atomic mass is 9.74. The van der Waals surface area contributed by atoms with Gasteiger partial charge in [-0.3, -0.25) is 0 Å². The number of methoxy groups -OCH3 is 1. The third kappa shape index (κ3) is 2.47. The Morgan fingerprint density at radius 3 is 2.50 bits per heavy atom. The van der Waals surface area contributed by atoms with Gasteiger partial charge in [-0.15, -0.1) is 0 Å². The van der Waals surface area contributed by atoms with Gasteiger partial charge in [0.2, 0.25) is 0 Å². The normalized spacial score (nSPS) is 35.0. The van der Waals surface area contributed by atoms with Crippen LogP contribution in [0.4, 0.5) is 0 Å². The van der Waals surface area contributed by atoms with Crippen LogP contribution >= 0.6 is 0 Å². The van der Waals surface area contributed by atoms with Gasteiger partial charge in [0.1, 0.15) is 0 Å². The number of carbonyl (C=O) groups is 1. The molecule has 1 fully saturated rings. The Morgan fingerprint density at radius 2 is 2.00 bits per heavy atom. The molecular weight excluding hydrogens is 180 g/mol.